The zero-order valence-electron chi connectivity index (χ0n) is 25.8. The van der Waals surface area contributed by atoms with Crippen molar-refractivity contribution in [2.75, 3.05) is 13.7 Å². The molecule has 2 aliphatic rings. The Kier molecular flexibility index (Phi) is 21.0. The lowest BCUT2D eigenvalue weighted by atomic mass is 10.0. The van der Waals surface area contributed by atoms with Crippen molar-refractivity contribution < 1.29 is 15.3 Å². The maximum Gasteiger partial charge on any atom is 0.286 e. The highest BCUT2D eigenvalue weighted by atomic mass is 19.1. The van der Waals surface area contributed by atoms with E-state index in [-0.39, 0.29) is 25.3 Å². The average Bonchev–Trinajstić information content (AvgIpc) is 3.53. The van der Waals surface area contributed by atoms with E-state index >= 15 is 0 Å². The molecule has 1 aromatic rings. The molecule has 0 bridgehead atoms. The third kappa shape index (κ3) is 11.5. The molecule has 6 heteroatoms. The Labute approximate surface area is 229 Å². The summed E-state index contributed by atoms with van der Waals surface area (Å²) >= 11 is 0. The van der Waals surface area contributed by atoms with Gasteiger partial charge in [-0.25, -0.2) is 10.2 Å². The largest absolute Gasteiger partial charge is 0.378 e. The molecule has 4 atom stereocenters. The van der Waals surface area contributed by atoms with Crippen LogP contribution in [0.25, 0.3) is 0 Å². The van der Waals surface area contributed by atoms with Crippen molar-refractivity contribution in [1.29, 1.82) is 0 Å². The number of carbonyl (C=O) groups is 1. The highest BCUT2D eigenvalue weighted by Crippen LogP contribution is 2.50. The normalized spacial score (nSPS) is 21.6. The second kappa shape index (κ2) is 20.9. The number of benzene rings is 1. The van der Waals surface area contributed by atoms with Gasteiger partial charge in [0.1, 0.15) is 11.5 Å². The summed E-state index contributed by atoms with van der Waals surface area (Å²) in [5.74, 6) is 6.61. The van der Waals surface area contributed by atoms with Crippen LogP contribution < -0.4 is 5.84 Å². The summed E-state index contributed by atoms with van der Waals surface area (Å²) in [5, 5.41) is 1.39. The highest BCUT2D eigenvalue weighted by Gasteiger charge is 2.61. The van der Waals surface area contributed by atoms with Crippen molar-refractivity contribution in [2.45, 2.75) is 114 Å². The van der Waals surface area contributed by atoms with Crippen LogP contribution in [0.5, 0.6) is 0 Å². The first-order valence-electron chi connectivity index (χ1n) is 14.3. The SMILES string of the molecule is CC.CC.CCC.CCC/C(C)=C(\C)C(=NC)C(=O)N(N)[C@@H]1C2[C@H](C)OC[C@H]21.CCc1ccccc1F.[HH]. The number of halogens is 1. The number of allylic oxidation sites excluding steroid dienone is 1. The van der Waals surface area contributed by atoms with Crippen LogP contribution in [0.2, 0.25) is 0 Å². The molecular formula is C31H58FN3O2. The number of hydrogen-bond donors (Lipinski definition) is 1. The van der Waals surface area contributed by atoms with Crippen molar-refractivity contribution in [3.8, 4) is 0 Å². The van der Waals surface area contributed by atoms with Gasteiger partial charge >= 0.3 is 0 Å². The Balaban J connectivity index is -0.000000601. The minimum atomic E-state index is -0.169. The standard InChI is InChI=1S/C16H27N3O2.C8H9F.C3H8.2C2H6.H2/c1-6-7-9(2)10(3)14(18-5)16(20)19(17)15-12-8-21-11(4)13(12)15;1-2-7-5-3-4-6-8(7)9;1-3-2;2*1-2;/h11-13,15H,6-8,17H2,1-5H3;3-6H,2H2,1H3;3H2,1-2H3;2*1-2H3;1H/b10-9+,18-14?;;;;;/t11-,12+,13?,15-;;;;;/m0...../s1. The molecule has 2 fully saturated rings. The number of fused-ring (bicyclic) bond motifs is 1. The third-order valence-corrected chi connectivity index (χ3v) is 6.22. The highest BCUT2D eigenvalue weighted by molar-refractivity contribution is 6.45. The van der Waals surface area contributed by atoms with Gasteiger partial charge in [-0.15, -0.1) is 0 Å². The smallest absolute Gasteiger partial charge is 0.286 e. The Morgan fingerprint density at radius 3 is 2.05 bits per heavy atom. The molecule has 1 heterocycles. The minimum Gasteiger partial charge on any atom is -0.378 e. The summed E-state index contributed by atoms with van der Waals surface area (Å²) in [5.41, 5.74) is 3.43. The molecule has 0 spiro atoms. The first-order valence-corrected chi connectivity index (χ1v) is 14.3. The van der Waals surface area contributed by atoms with Gasteiger partial charge in [-0.05, 0) is 50.8 Å². The lowest BCUT2D eigenvalue weighted by Crippen LogP contribution is -2.46. The van der Waals surface area contributed by atoms with Crippen LogP contribution in [0.1, 0.15) is 102 Å². The van der Waals surface area contributed by atoms with Gasteiger partial charge in [0.15, 0.2) is 0 Å². The van der Waals surface area contributed by atoms with E-state index < -0.39 is 0 Å². The fraction of sp³-hybridized carbons (Fsp3) is 0.677. The van der Waals surface area contributed by atoms with Gasteiger partial charge in [0.05, 0.1) is 18.8 Å². The van der Waals surface area contributed by atoms with Crippen LogP contribution >= 0.6 is 0 Å². The zero-order chi connectivity index (χ0) is 29.1. The van der Waals surface area contributed by atoms with Crippen molar-refractivity contribution in [1.82, 2.24) is 5.01 Å². The van der Waals surface area contributed by atoms with Crippen LogP contribution in [0.3, 0.4) is 0 Å². The summed E-state index contributed by atoms with van der Waals surface area (Å²) in [6.07, 6.45) is 4.25. The predicted molar refractivity (Wildman–Crippen MR) is 160 cm³/mol. The molecule has 2 N–H and O–H groups in total. The Hall–Kier alpha value is -2.05. The number of hydrogen-bond acceptors (Lipinski definition) is 4. The molecule has 0 radical (unpaired) electrons. The Morgan fingerprint density at radius 2 is 1.68 bits per heavy atom. The topological polar surface area (TPSA) is 67.9 Å². The number of rotatable bonds is 6. The maximum atomic E-state index is 12.6. The molecule has 3 rings (SSSR count). The molecule has 5 nitrogen and oxygen atoms in total. The molecule has 37 heavy (non-hydrogen) atoms. The van der Waals surface area contributed by atoms with Gasteiger partial charge in [-0.2, -0.15) is 0 Å². The number of nitrogens with two attached hydrogens (primary N) is 1. The fourth-order valence-electron chi connectivity index (χ4n) is 4.21. The average molecular weight is 524 g/mol. The van der Waals surface area contributed by atoms with Gasteiger partial charge in [-0.1, -0.05) is 92.0 Å². The number of ether oxygens (including phenoxy) is 1. The van der Waals surface area contributed by atoms with E-state index in [1.165, 1.54) is 23.1 Å². The van der Waals surface area contributed by atoms with Gasteiger partial charge in [0, 0.05) is 20.3 Å². The number of amides is 1. The summed E-state index contributed by atoms with van der Waals surface area (Å²) in [7, 11) is 1.66. The molecule has 216 valence electrons. The van der Waals surface area contributed by atoms with Crippen LogP contribution in [0.15, 0.2) is 40.4 Å². The van der Waals surface area contributed by atoms with E-state index in [9.17, 15) is 9.18 Å². The first-order chi connectivity index (χ1) is 17.7. The van der Waals surface area contributed by atoms with E-state index in [1.54, 1.807) is 19.2 Å². The number of aliphatic imine (C=N–C) groups is 1. The minimum absolute atomic E-state index is 0. The quantitative estimate of drug-likeness (QED) is 0.178. The summed E-state index contributed by atoms with van der Waals surface area (Å²) in [4.78, 5) is 16.8. The van der Waals surface area contributed by atoms with E-state index in [1.807, 2.05) is 54.5 Å². The van der Waals surface area contributed by atoms with Crippen LogP contribution in [0, 0.1) is 17.7 Å². The second-order valence-corrected chi connectivity index (χ2v) is 8.86. The monoisotopic (exact) mass is 523 g/mol. The molecule has 1 saturated carbocycles. The van der Waals surface area contributed by atoms with E-state index in [2.05, 4.69) is 32.7 Å². The summed E-state index contributed by atoms with van der Waals surface area (Å²) in [6.45, 7) is 23.1. The van der Waals surface area contributed by atoms with E-state index in [0.29, 0.717) is 24.2 Å². The maximum absolute atomic E-state index is 12.6. The molecule has 1 amide bonds. The Bertz CT molecular complexity index is 829. The fourth-order valence-corrected chi connectivity index (χ4v) is 4.21. The lowest BCUT2D eigenvalue weighted by Gasteiger charge is -2.22. The van der Waals surface area contributed by atoms with Crippen molar-refractivity contribution in [2.24, 2.45) is 22.7 Å². The zero-order valence-corrected chi connectivity index (χ0v) is 25.8. The summed E-state index contributed by atoms with van der Waals surface area (Å²) in [6, 6.07) is 6.95. The number of carbonyl (C=O) groups excluding carboxylic acids is 1. The lowest BCUT2D eigenvalue weighted by molar-refractivity contribution is -0.126. The number of nitrogens with zero attached hydrogens (tertiary/aromatic N) is 2. The molecule has 1 unspecified atom stereocenters. The van der Waals surface area contributed by atoms with Gasteiger partial charge < -0.3 is 4.74 Å². The van der Waals surface area contributed by atoms with Gasteiger partial charge in [0.2, 0.25) is 0 Å². The van der Waals surface area contributed by atoms with Crippen molar-refractivity contribution >= 4 is 11.6 Å². The molecule has 1 aliphatic heterocycles. The number of hydrazine groups is 1. The third-order valence-electron chi connectivity index (χ3n) is 6.22. The van der Waals surface area contributed by atoms with E-state index in [0.717, 1.165) is 30.4 Å². The molecule has 1 aromatic carbocycles. The van der Waals surface area contributed by atoms with Crippen LogP contribution in [-0.2, 0) is 16.0 Å². The van der Waals surface area contributed by atoms with Crippen molar-refractivity contribution in [3.05, 3.63) is 46.8 Å². The Morgan fingerprint density at radius 1 is 1.14 bits per heavy atom. The number of aryl methyl sites for hydroxylation is 1. The van der Waals surface area contributed by atoms with Crippen LogP contribution in [0.4, 0.5) is 4.39 Å². The molecular weight excluding hydrogens is 465 g/mol. The van der Waals surface area contributed by atoms with Gasteiger partial charge in [0.25, 0.3) is 5.91 Å². The molecule has 0 aromatic heterocycles. The van der Waals surface area contributed by atoms with Crippen LogP contribution in [-0.4, -0.2) is 42.4 Å². The second-order valence-electron chi connectivity index (χ2n) is 8.86. The molecule has 1 saturated heterocycles. The predicted octanol–water partition coefficient (Wildman–Crippen LogP) is 8.03. The van der Waals surface area contributed by atoms with Gasteiger partial charge in [-0.3, -0.25) is 14.8 Å². The molecule has 1 aliphatic carbocycles. The first kappa shape index (κ1) is 37.1. The summed E-state index contributed by atoms with van der Waals surface area (Å²) < 4.78 is 18.1. The van der Waals surface area contributed by atoms with E-state index in [4.69, 9.17) is 10.6 Å². The van der Waals surface area contributed by atoms with Crippen molar-refractivity contribution in [3.63, 3.8) is 0 Å².